The van der Waals surface area contributed by atoms with Crippen LogP contribution in [0.5, 0.6) is 0 Å². The molecule has 8 heteroatoms. The van der Waals surface area contributed by atoms with Crippen LogP contribution < -0.4 is 4.57 Å². The average molecular weight is 477 g/mol. The summed E-state index contributed by atoms with van der Waals surface area (Å²) < 4.78 is 4.75. The second-order valence-corrected chi connectivity index (χ2v) is 15.5. The molecular weight excluding hydrogens is 464 g/mol. The zero-order chi connectivity index (χ0) is 17.4. The number of thioether (sulfide) groups is 1. The Hall–Kier alpha value is -0.941. The number of hydrogen-bond acceptors (Lipinski definition) is 2. The van der Waals surface area contributed by atoms with E-state index in [2.05, 4.69) is 4.57 Å². The topological polar surface area (TPSA) is 21.7 Å². The molecule has 0 fully saturated rings. The van der Waals surface area contributed by atoms with E-state index in [1.165, 1.54) is 0 Å². The first kappa shape index (κ1) is 17.5. The van der Waals surface area contributed by atoms with Crippen LogP contribution in [0, 0.1) is 0 Å². The Morgan fingerprint density at radius 3 is 2.28 bits per heavy atom. The summed E-state index contributed by atoms with van der Waals surface area (Å²) in [5.74, 6) is 1.12. The van der Waals surface area contributed by atoms with Gasteiger partial charge in [-0.2, -0.15) is 0 Å². The molecule has 3 aromatic rings. The van der Waals surface area contributed by atoms with E-state index in [9.17, 15) is 0 Å². The van der Waals surface area contributed by atoms with Gasteiger partial charge in [0.15, 0.2) is 0 Å². The van der Waals surface area contributed by atoms with Crippen LogP contribution in [0.1, 0.15) is 0 Å². The first-order valence-electron chi connectivity index (χ1n) is 7.43. The molecule has 0 saturated heterocycles. The fraction of sp³-hybridized carbons (Fsp3) is 0.0588. The van der Waals surface area contributed by atoms with E-state index in [0.717, 1.165) is 26.7 Å². The Morgan fingerprint density at radius 2 is 1.64 bits per heavy atom. The molecule has 0 spiro atoms. The van der Waals surface area contributed by atoms with Crippen molar-refractivity contribution >= 4 is 54.8 Å². The first-order valence-corrected chi connectivity index (χ1v) is 15.0. The summed E-state index contributed by atoms with van der Waals surface area (Å²) in [6.45, 7) is 0. The van der Waals surface area contributed by atoms with Crippen molar-refractivity contribution in [2.24, 2.45) is 0 Å². The van der Waals surface area contributed by atoms with Crippen LogP contribution in [0.25, 0.3) is 17.1 Å². The molecule has 25 heavy (non-hydrogen) atoms. The summed E-state index contributed by atoms with van der Waals surface area (Å²) in [5, 5.41) is 7.68. The minimum atomic E-state index is -3.19. The van der Waals surface area contributed by atoms with Crippen molar-refractivity contribution in [2.45, 2.75) is 5.16 Å². The monoisotopic (exact) mass is 476 g/mol. The maximum atomic E-state index is 6.77. The average Bonchev–Trinajstić information content (AvgIpc) is 3.04. The normalized spacial score (nSPS) is 16.8. The van der Waals surface area contributed by atoms with Gasteiger partial charge in [-0.05, 0) is 0 Å². The zero-order valence-corrected chi connectivity index (χ0v) is 17.6. The molecule has 1 aromatic heterocycles. The second-order valence-electron chi connectivity index (χ2n) is 5.29. The molecule has 0 saturated carbocycles. The Balaban J connectivity index is 2.00. The van der Waals surface area contributed by atoms with Gasteiger partial charge in [0.2, 0.25) is 0 Å². The molecule has 1 aliphatic heterocycles. The van der Waals surface area contributed by atoms with Gasteiger partial charge >= 0.3 is 167 Å². The van der Waals surface area contributed by atoms with Gasteiger partial charge in [-0.1, -0.05) is 0 Å². The fourth-order valence-electron chi connectivity index (χ4n) is 2.57. The van der Waals surface area contributed by atoms with E-state index in [1.54, 1.807) is 15.5 Å². The van der Waals surface area contributed by atoms with Gasteiger partial charge in [0.1, 0.15) is 0 Å². The molecule has 2 heterocycles. The van der Waals surface area contributed by atoms with E-state index in [0.29, 0.717) is 5.88 Å². The van der Waals surface area contributed by atoms with Crippen molar-refractivity contribution in [1.29, 1.82) is 0 Å². The summed E-state index contributed by atoms with van der Waals surface area (Å²) in [6, 6.07) is 20.1. The number of benzene rings is 2. The number of halogens is 3. The molecule has 3 nitrogen and oxygen atoms in total. The molecule has 0 amide bonds. The molecule has 0 unspecified atom stereocenters. The third-order valence-electron chi connectivity index (χ3n) is 3.76. The molecule has 2 aromatic carbocycles. The Bertz CT molecular complexity index is 943. The van der Waals surface area contributed by atoms with Crippen LogP contribution >= 0.6 is 43.6 Å². The zero-order valence-electron chi connectivity index (χ0n) is 12.8. The van der Waals surface area contributed by atoms with Gasteiger partial charge in [0, 0.05) is 0 Å². The van der Waals surface area contributed by atoms with Crippen LogP contribution in [0.4, 0.5) is 0 Å². The number of para-hydroxylation sites is 1. The molecule has 128 valence electrons. The van der Waals surface area contributed by atoms with Gasteiger partial charge in [-0.3, -0.25) is 0 Å². The van der Waals surface area contributed by atoms with Crippen LogP contribution in [0.2, 0.25) is 0 Å². The second kappa shape index (κ2) is 6.99. The minimum absolute atomic E-state index is 0.311. The predicted molar refractivity (Wildman–Crippen MR) is 107 cm³/mol. The van der Waals surface area contributed by atoms with Crippen LogP contribution in [-0.2, 0) is 0 Å². The van der Waals surface area contributed by atoms with Crippen molar-refractivity contribution < 1.29 is 4.57 Å². The number of rotatable bonds is 3. The van der Waals surface area contributed by atoms with Gasteiger partial charge in [0.05, 0.1) is 0 Å². The van der Waals surface area contributed by atoms with E-state index >= 15 is 0 Å². The Labute approximate surface area is 166 Å². The standard InChI is InChI=1S/C17H13Cl3N3SSe/c18-11-15-12-24-17-22(14-9-5-2-6-10-14)16(13-7-3-1-4-8-13)21-23(17)25(15,19)20/h1-10,12H,11H2/q+1. The van der Waals surface area contributed by atoms with E-state index in [1.807, 2.05) is 66.1 Å². The van der Waals surface area contributed by atoms with E-state index < -0.39 is 11.2 Å². The van der Waals surface area contributed by atoms with Gasteiger partial charge in [-0.25, -0.2) is 0 Å². The van der Waals surface area contributed by atoms with Crippen molar-refractivity contribution in [2.75, 3.05) is 5.88 Å². The number of alkyl halides is 1. The summed E-state index contributed by atoms with van der Waals surface area (Å²) in [7, 11) is 13.5. The van der Waals surface area contributed by atoms with Gasteiger partial charge in [0.25, 0.3) is 0 Å². The van der Waals surface area contributed by atoms with Crippen LogP contribution in [0.3, 0.4) is 0 Å². The number of fused-ring (bicyclic) bond motifs is 1. The van der Waals surface area contributed by atoms with Crippen molar-refractivity contribution in [3.05, 3.63) is 70.5 Å². The molecule has 0 aliphatic carbocycles. The maximum absolute atomic E-state index is 6.77. The van der Waals surface area contributed by atoms with Crippen molar-refractivity contribution in [3.8, 4) is 17.1 Å². The van der Waals surface area contributed by atoms with Gasteiger partial charge in [-0.15, -0.1) is 0 Å². The predicted octanol–water partition coefficient (Wildman–Crippen LogP) is 4.86. The van der Waals surface area contributed by atoms with E-state index in [4.69, 9.17) is 36.9 Å². The summed E-state index contributed by atoms with van der Waals surface area (Å²) >= 11 is 4.41. The molecule has 0 atom stereocenters. The summed E-state index contributed by atoms with van der Waals surface area (Å²) in [6.07, 6.45) is 0. The quantitative estimate of drug-likeness (QED) is 0.306. The summed E-state index contributed by atoms with van der Waals surface area (Å²) in [5.41, 5.74) is 2.02. The molecule has 4 rings (SSSR count). The number of aromatic nitrogens is 3. The third-order valence-corrected chi connectivity index (χ3v) is 12.7. The molecule has 0 radical (unpaired) electrons. The van der Waals surface area contributed by atoms with Crippen LogP contribution in [-0.4, -0.2) is 25.9 Å². The number of nitrogens with zero attached hydrogens (tertiary/aromatic N) is 3. The molecule has 0 N–H and O–H groups in total. The van der Waals surface area contributed by atoms with Crippen LogP contribution in [0.15, 0.2) is 75.7 Å². The van der Waals surface area contributed by atoms with Crippen molar-refractivity contribution in [1.82, 2.24) is 8.80 Å². The number of allylic oxidation sites excluding steroid dienone is 1. The molecule has 0 bridgehead atoms. The Kier molecular flexibility index (Phi) is 4.89. The number of hydrogen-bond donors (Lipinski definition) is 0. The van der Waals surface area contributed by atoms with E-state index in [-0.39, 0.29) is 0 Å². The van der Waals surface area contributed by atoms with Gasteiger partial charge < -0.3 is 0 Å². The Morgan fingerprint density at radius 1 is 1.00 bits per heavy atom. The first-order chi connectivity index (χ1) is 12.1. The third kappa shape index (κ3) is 3.03. The fourth-order valence-corrected chi connectivity index (χ4v) is 11.7. The molecular formula is C17H13Cl3N3SSe+. The van der Waals surface area contributed by atoms with Crippen molar-refractivity contribution in [3.63, 3.8) is 0 Å². The molecule has 1 aliphatic rings. The SMILES string of the molecule is ClCC1=CSc2n(nc(-c3ccccc3)[n+]2-c2ccccc2)[Se]1(Cl)Cl. The summed E-state index contributed by atoms with van der Waals surface area (Å²) in [4.78, 5) is 0.